The van der Waals surface area contributed by atoms with Gasteiger partial charge in [0.1, 0.15) is 11.5 Å². The van der Waals surface area contributed by atoms with E-state index >= 15 is 0 Å². The molecule has 210 valence electrons. The average Bonchev–Trinajstić information content (AvgIpc) is 3.10. The number of aromatic nitrogens is 1. The van der Waals surface area contributed by atoms with Crippen molar-refractivity contribution in [3.63, 3.8) is 0 Å². The van der Waals surface area contributed by atoms with Crippen molar-refractivity contribution < 1.29 is 9.47 Å². The number of ether oxygens (including phenoxy) is 2. The van der Waals surface area contributed by atoms with Crippen LogP contribution in [0.4, 0.5) is 34.1 Å². The molecule has 0 saturated heterocycles. The molecule has 3 aliphatic rings. The van der Waals surface area contributed by atoms with E-state index in [-0.39, 0.29) is 6.71 Å². The molecule has 6 heteroatoms. The van der Waals surface area contributed by atoms with Crippen molar-refractivity contribution in [2.75, 3.05) is 9.80 Å². The molecule has 0 bridgehead atoms. The summed E-state index contributed by atoms with van der Waals surface area (Å²) in [5, 5.41) is 2.34. The second-order valence-electron chi connectivity index (χ2n) is 11.6. The third-order valence-electron chi connectivity index (χ3n) is 9.16. The van der Waals surface area contributed by atoms with Crippen LogP contribution in [0.2, 0.25) is 0 Å². The van der Waals surface area contributed by atoms with Gasteiger partial charge in [-0.2, -0.15) is 0 Å². The molecule has 0 saturated carbocycles. The van der Waals surface area contributed by atoms with Crippen molar-refractivity contribution in [1.82, 2.24) is 4.98 Å². The fourth-order valence-electron chi connectivity index (χ4n) is 7.33. The lowest BCUT2D eigenvalue weighted by Gasteiger charge is -2.43. The minimum atomic E-state index is -0.0267. The van der Waals surface area contributed by atoms with Crippen molar-refractivity contribution in [3.8, 4) is 23.0 Å². The summed E-state index contributed by atoms with van der Waals surface area (Å²) in [6.45, 7) is -0.0267. The highest BCUT2D eigenvalue weighted by Crippen LogP contribution is 2.58. The maximum absolute atomic E-state index is 7.01. The Morgan fingerprint density at radius 1 is 0.533 bits per heavy atom. The predicted octanol–water partition coefficient (Wildman–Crippen LogP) is 8.22. The summed E-state index contributed by atoms with van der Waals surface area (Å²) in [5.74, 6) is 3.28. The Kier molecular flexibility index (Phi) is 5.02. The van der Waals surface area contributed by atoms with E-state index in [0.29, 0.717) is 0 Å². The third kappa shape index (κ3) is 3.42. The van der Waals surface area contributed by atoms with Crippen LogP contribution < -0.4 is 35.7 Å². The van der Waals surface area contributed by atoms with Crippen molar-refractivity contribution in [1.29, 1.82) is 0 Å². The minimum absolute atomic E-state index is 0.0267. The first kappa shape index (κ1) is 24.4. The summed E-state index contributed by atoms with van der Waals surface area (Å²) in [5.41, 5.74) is 9.44. The van der Waals surface area contributed by atoms with Crippen molar-refractivity contribution in [2.24, 2.45) is 0 Å². The smallest absolute Gasteiger partial charge is 0.256 e. The van der Waals surface area contributed by atoms with Gasteiger partial charge in [0.2, 0.25) is 0 Å². The van der Waals surface area contributed by atoms with Crippen LogP contribution in [0.3, 0.4) is 0 Å². The second kappa shape index (κ2) is 9.25. The van der Waals surface area contributed by atoms with Crippen LogP contribution in [-0.4, -0.2) is 11.7 Å². The molecule has 0 unspecified atom stereocenters. The molecule has 0 N–H and O–H groups in total. The Morgan fingerprint density at radius 3 is 2.16 bits per heavy atom. The molecule has 0 radical (unpaired) electrons. The first-order valence-electron chi connectivity index (χ1n) is 15.2. The maximum Gasteiger partial charge on any atom is 0.256 e. The van der Waals surface area contributed by atoms with E-state index in [0.717, 1.165) is 73.4 Å². The molecular weight excluding hydrogens is 553 g/mol. The number of hydrogen-bond donors (Lipinski definition) is 0. The van der Waals surface area contributed by atoms with E-state index in [1.807, 2.05) is 30.6 Å². The van der Waals surface area contributed by atoms with E-state index < -0.39 is 0 Å². The minimum Gasteiger partial charge on any atom is -0.458 e. The van der Waals surface area contributed by atoms with E-state index in [2.05, 4.69) is 130 Å². The van der Waals surface area contributed by atoms with Gasteiger partial charge < -0.3 is 19.3 Å². The standard InChI is InChI=1S/C39H24BN3O2/c1-2-14-27-25(11-1)12-9-19-30(27)43-32-18-6-8-21-35(32)45-39-33(43)23-36-37-38(39)42(26-13-10-22-41-24-26)31-17-5-3-15-28(31)40(37)29-16-4-7-20-34(29)44-36/h1-24H. The fraction of sp³-hybridized carbons (Fsp3) is 0. The number of para-hydroxylation sites is 4. The SMILES string of the molecule is c1cncc(N2c3ccccc3B3c4ccccc4Oc4cc5c(c2c43)Oc2ccccc2N5c2cccc3ccccc23)c1. The maximum atomic E-state index is 7.01. The number of anilines is 6. The van der Waals surface area contributed by atoms with E-state index in [4.69, 9.17) is 9.47 Å². The van der Waals surface area contributed by atoms with Gasteiger partial charge in [0, 0.05) is 28.8 Å². The Bertz CT molecular complexity index is 2320. The topological polar surface area (TPSA) is 37.8 Å². The van der Waals surface area contributed by atoms with Crippen LogP contribution in [0, 0.1) is 0 Å². The van der Waals surface area contributed by atoms with E-state index in [1.165, 1.54) is 10.8 Å². The quantitative estimate of drug-likeness (QED) is 0.194. The van der Waals surface area contributed by atoms with Gasteiger partial charge in [-0.05, 0) is 58.8 Å². The van der Waals surface area contributed by atoms with Crippen molar-refractivity contribution in [2.45, 2.75) is 0 Å². The van der Waals surface area contributed by atoms with Crippen LogP contribution >= 0.6 is 0 Å². The Balaban J connectivity index is 1.34. The summed E-state index contributed by atoms with van der Waals surface area (Å²) < 4.78 is 13.8. The summed E-state index contributed by atoms with van der Waals surface area (Å²) in [6.07, 6.45) is 3.73. The van der Waals surface area contributed by atoms with E-state index in [1.54, 1.807) is 0 Å². The number of hydrogen-bond acceptors (Lipinski definition) is 5. The summed E-state index contributed by atoms with van der Waals surface area (Å²) in [6, 6.07) is 46.6. The lowest BCUT2D eigenvalue weighted by Crippen LogP contribution is -2.59. The number of rotatable bonds is 2. The number of fused-ring (bicyclic) bond motifs is 8. The zero-order chi connectivity index (χ0) is 29.5. The zero-order valence-electron chi connectivity index (χ0n) is 24.1. The third-order valence-corrected chi connectivity index (χ3v) is 9.16. The van der Waals surface area contributed by atoms with Crippen LogP contribution in [0.5, 0.6) is 23.0 Å². The van der Waals surface area contributed by atoms with Crippen LogP contribution in [0.15, 0.2) is 146 Å². The number of benzene rings is 6. The second-order valence-corrected chi connectivity index (χ2v) is 11.6. The molecule has 0 fully saturated rings. The molecule has 0 amide bonds. The summed E-state index contributed by atoms with van der Waals surface area (Å²) >= 11 is 0. The van der Waals surface area contributed by atoms with E-state index in [9.17, 15) is 0 Å². The average molecular weight is 577 g/mol. The predicted molar refractivity (Wildman–Crippen MR) is 182 cm³/mol. The molecule has 5 nitrogen and oxygen atoms in total. The largest absolute Gasteiger partial charge is 0.458 e. The molecule has 0 spiro atoms. The molecule has 4 heterocycles. The lowest BCUT2D eigenvalue weighted by atomic mass is 9.34. The molecule has 0 aliphatic carbocycles. The summed E-state index contributed by atoms with van der Waals surface area (Å²) in [7, 11) is 0. The fourth-order valence-corrected chi connectivity index (χ4v) is 7.33. The molecule has 7 aromatic rings. The van der Waals surface area contributed by atoms with Crippen molar-refractivity contribution in [3.05, 3.63) is 146 Å². The van der Waals surface area contributed by atoms with Crippen LogP contribution in [0.1, 0.15) is 0 Å². The molecule has 10 rings (SSSR count). The summed E-state index contributed by atoms with van der Waals surface area (Å²) in [4.78, 5) is 9.16. The lowest BCUT2D eigenvalue weighted by molar-refractivity contribution is 0.469. The van der Waals surface area contributed by atoms with Gasteiger partial charge in [0.05, 0.1) is 34.6 Å². The highest BCUT2D eigenvalue weighted by molar-refractivity contribution is 6.99. The van der Waals surface area contributed by atoms with Gasteiger partial charge in [-0.1, -0.05) is 84.9 Å². The normalized spacial score (nSPS) is 13.6. The van der Waals surface area contributed by atoms with Crippen molar-refractivity contribution >= 4 is 68.0 Å². The van der Waals surface area contributed by atoms with Crippen LogP contribution in [0.25, 0.3) is 10.8 Å². The number of pyridine rings is 1. The molecule has 6 aromatic carbocycles. The van der Waals surface area contributed by atoms with Gasteiger partial charge in [-0.25, -0.2) is 0 Å². The molecule has 45 heavy (non-hydrogen) atoms. The highest BCUT2D eigenvalue weighted by Gasteiger charge is 2.45. The first-order chi connectivity index (χ1) is 22.3. The zero-order valence-corrected chi connectivity index (χ0v) is 24.1. The number of nitrogens with zero attached hydrogens (tertiary/aromatic N) is 3. The van der Waals surface area contributed by atoms with Crippen LogP contribution in [-0.2, 0) is 0 Å². The molecule has 3 aliphatic heterocycles. The molecule has 1 aromatic heterocycles. The van der Waals surface area contributed by atoms with Gasteiger partial charge in [0.15, 0.2) is 11.5 Å². The van der Waals surface area contributed by atoms with Gasteiger partial charge in [-0.3, -0.25) is 4.98 Å². The first-order valence-corrected chi connectivity index (χ1v) is 15.2. The van der Waals surface area contributed by atoms with Gasteiger partial charge >= 0.3 is 0 Å². The molecule has 0 atom stereocenters. The Hall–Kier alpha value is -6.01. The Morgan fingerprint density at radius 2 is 1.27 bits per heavy atom. The monoisotopic (exact) mass is 577 g/mol. The van der Waals surface area contributed by atoms with Gasteiger partial charge in [-0.15, -0.1) is 0 Å². The Labute approximate surface area is 260 Å². The van der Waals surface area contributed by atoms with Gasteiger partial charge in [0.25, 0.3) is 6.71 Å². The molecular formula is C39H24BN3O2. The highest BCUT2D eigenvalue weighted by atomic mass is 16.5.